The van der Waals surface area contributed by atoms with E-state index in [1.54, 1.807) is 0 Å². The number of nitrogens with zero attached hydrogens (tertiary/aromatic N) is 1. The Morgan fingerprint density at radius 2 is 2.07 bits per heavy atom. The van der Waals surface area contributed by atoms with Crippen molar-refractivity contribution in [2.75, 3.05) is 24.6 Å². The van der Waals surface area contributed by atoms with Crippen molar-refractivity contribution >= 4 is 9.84 Å². The number of likely N-dealkylation sites (tertiary alicyclic amines) is 1. The molecule has 0 saturated carbocycles. The highest BCUT2D eigenvalue weighted by Gasteiger charge is 2.33. The molecule has 2 saturated heterocycles. The van der Waals surface area contributed by atoms with Gasteiger partial charge in [-0.25, -0.2) is 8.42 Å². The monoisotopic (exact) mass is 219 g/mol. The minimum Gasteiger partial charge on any atom is -0.392 e. The predicted octanol–water partition coefficient (Wildman–Crippen LogP) is -0.370. The van der Waals surface area contributed by atoms with Gasteiger partial charge in [0, 0.05) is 12.6 Å². The van der Waals surface area contributed by atoms with Crippen LogP contribution in [0, 0.1) is 0 Å². The van der Waals surface area contributed by atoms with Crippen LogP contribution in [0.5, 0.6) is 0 Å². The Kier molecular flexibility index (Phi) is 2.81. The molecule has 2 fully saturated rings. The molecule has 0 aromatic rings. The first-order valence-electron chi connectivity index (χ1n) is 5.19. The second-order valence-electron chi connectivity index (χ2n) is 4.35. The standard InChI is InChI=1S/C9H17NO3S/c11-9-2-1-4-10(6-9)8-3-5-14(12,13)7-8/h8-9,11H,1-7H2/t8-,9+/m1/s1. The molecule has 0 bridgehead atoms. The molecule has 0 aromatic carbocycles. The molecular weight excluding hydrogens is 202 g/mol. The zero-order valence-electron chi connectivity index (χ0n) is 8.22. The number of piperidine rings is 1. The van der Waals surface area contributed by atoms with Crippen molar-refractivity contribution in [1.82, 2.24) is 4.90 Å². The molecule has 2 rings (SSSR count). The van der Waals surface area contributed by atoms with E-state index in [0.29, 0.717) is 18.1 Å². The summed E-state index contributed by atoms with van der Waals surface area (Å²) in [6.45, 7) is 1.59. The third kappa shape index (κ3) is 2.27. The fourth-order valence-corrected chi connectivity index (χ4v) is 4.14. The summed E-state index contributed by atoms with van der Waals surface area (Å²) in [4.78, 5) is 2.14. The number of aliphatic hydroxyl groups is 1. The molecular formula is C9H17NO3S. The highest BCUT2D eigenvalue weighted by atomic mass is 32.2. The maximum Gasteiger partial charge on any atom is 0.151 e. The highest BCUT2D eigenvalue weighted by molar-refractivity contribution is 7.91. The summed E-state index contributed by atoms with van der Waals surface area (Å²) >= 11 is 0. The first-order valence-corrected chi connectivity index (χ1v) is 7.01. The fourth-order valence-electron chi connectivity index (χ4n) is 2.38. The van der Waals surface area contributed by atoms with Gasteiger partial charge in [0.05, 0.1) is 17.6 Å². The maximum absolute atomic E-state index is 11.3. The van der Waals surface area contributed by atoms with Gasteiger partial charge in [0.1, 0.15) is 0 Å². The smallest absolute Gasteiger partial charge is 0.151 e. The first-order chi connectivity index (χ1) is 6.57. The Labute approximate surface area is 84.8 Å². The van der Waals surface area contributed by atoms with E-state index >= 15 is 0 Å². The number of hydrogen-bond acceptors (Lipinski definition) is 4. The van der Waals surface area contributed by atoms with E-state index in [1.807, 2.05) is 0 Å². The van der Waals surface area contributed by atoms with Gasteiger partial charge in [0.2, 0.25) is 0 Å². The van der Waals surface area contributed by atoms with E-state index in [0.717, 1.165) is 25.8 Å². The Bertz CT molecular complexity index is 301. The van der Waals surface area contributed by atoms with Gasteiger partial charge >= 0.3 is 0 Å². The van der Waals surface area contributed by atoms with Crippen molar-refractivity contribution in [1.29, 1.82) is 0 Å². The Morgan fingerprint density at radius 1 is 1.29 bits per heavy atom. The lowest BCUT2D eigenvalue weighted by Gasteiger charge is -2.34. The third-order valence-corrected chi connectivity index (χ3v) is 4.90. The normalized spacial score (nSPS) is 38.6. The van der Waals surface area contributed by atoms with Crippen molar-refractivity contribution in [2.24, 2.45) is 0 Å². The van der Waals surface area contributed by atoms with Crippen LogP contribution < -0.4 is 0 Å². The lowest BCUT2D eigenvalue weighted by Crippen LogP contribution is -2.45. The summed E-state index contributed by atoms with van der Waals surface area (Å²) in [5.74, 6) is 0.615. The molecule has 0 unspecified atom stereocenters. The van der Waals surface area contributed by atoms with E-state index < -0.39 is 9.84 Å². The Morgan fingerprint density at radius 3 is 2.64 bits per heavy atom. The van der Waals surface area contributed by atoms with Crippen LogP contribution in [-0.4, -0.2) is 55.2 Å². The average molecular weight is 219 g/mol. The van der Waals surface area contributed by atoms with Crippen LogP contribution in [-0.2, 0) is 9.84 Å². The number of aliphatic hydroxyl groups excluding tert-OH is 1. The lowest BCUT2D eigenvalue weighted by atomic mass is 10.1. The molecule has 0 aromatic heterocycles. The van der Waals surface area contributed by atoms with E-state index in [4.69, 9.17) is 0 Å². The molecule has 0 aliphatic carbocycles. The molecule has 2 atom stereocenters. The van der Waals surface area contributed by atoms with Crippen LogP contribution in [0.3, 0.4) is 0 Å². The zero-order chi connectivity index (χ0) is 10.2. The molecule has 0 spiro atoms. The molecule has 1 N–H and O–H groups in total. The van der Waals surface area contributed by atoms with Crippen molar-refractivity contribution in [2.45, 2.75) is 31.4 Å². The van der Waals surface area contributed by atoms with Gasteiger partial charge < -0.3 is 5.11 Å². The van der Waals surface area contributed by atoms with Crippen LogP contribution >= 0.6 is 0 Å². The summed E-state index contributed by atoms with van der Waals surface area (Å²) in [5.41, 5.74) is 0. The highest BCUT2D eigenvalue weighted by Crippen LogP contribution is 2.21. The van der Waals surface area contributed by atoms with Crippen molar-refractivity contribution in [3.8, 4) is 0 Å². The van der Waals surface area contributed by atoms with Gasteiger partial charge in [-0.3, -0.25) is 4.90 Å². The molecule has 0 amide bonds. The lowest BCUT2D eigenvalue weighted by molar-refractivity contribution is 0.0522. The maximum atomic E-state index is 11.3. The molecule has 5 heteroatoms. The van der Waals surface area contributed by atoms with E-state index in [-0.39, 0.29) is 12.1 Å². The molecule has 14 heavy (non-hydrogen) atoms. The predicted molar refractivity (Wildman–Crippen MR) is 53.9 cm³/mol. The van der Waals surface area contributed by atoms with Crippen LogP contribution in [0.25, 0.3) is 0 Å². The molecule has 2 heterocycles. The van der Waals surface area contributed by atoms with Gasteiger partial charge in [-0.05, 0) is 25.8 Å². The van der Waals surface area contributed by atoms with Crippen molar-refractivity contribution in [3.05, 3.63) is 0 Å². The summed E-state index contributed by atoms with van der Waals surface area (Å²) in [6.07, 6.45) is 2.33. The summed E-state index contributed by atoms with van der Waals surface area (Å²) < 4.78 is 22.6. The van der Waals surface area contributed by atoms with Gasteiger partial charge in [-0.15, -0.1) is 0 Å². The van der Waals surface area contributed by atoms with Gasteiger partial charge in [0.25, 0.3) is 0 Å². The topological polar surface area (TPSA) is 57.6 Å². The van der Waals surface area contributed by atoms with Crippen LogP contribution in [0.2, 0.25) is 0 Å². The quantitative estimate of drug-likeness (QED) is 0.654. The van der Waals surface area contributed by atoms with Crippen LogP contribution in [0.4, 0.5) is 0 Å². The zero-order valence-corrected chi connectivity index (χ0v) is 9.04. The summed E-state index contributed by atoms with van der Waals surface area (Å²) in [6, 6.07) is 0.162. The molecule has 82 valence electrons. The second kappa shape index (κ2) is 3.79. The molecule has 2 aliphatic rings. The molecule has 2 aliphatic heterocycles. The first kappa shape index (κ1) is 10.4. The van der Waals surface area contributed by atoms with Crippen molar-refractivity contribution < 1.29 is 13.5 Å². The van der Waals surface area contributed by atoms with Crippen molar-refractivity contribution in [3.63, 3.8) is 0 Å². The van der Waals surface area contributed by atoms with E-state index in [9.17, 15) is 13.5 Å². The van der Waals surface area contributed by atoms with E-state index in [2.05, 4.69) is 4.90 Å². The number of hydrogen-bond donors (Lipinski definition) is 1. The van der Waals surface area contributed by atoms with Gasteiger partial charge in [0.15, 0.2) is 9.84 Å². The minimum absolute atomic E-state index is 0.162. The second-order valence-corrected chi connectivity index (χ2v) is 6.58. The van der Waals surface area contributed by atoms with Crippen LogP contribution in [0.15, 0.2) is 0 Å². The SMILES string of the molecule is O=S1(=O)CC[C@@H](N2CCC[C@H](O)C2)C1. The summed E-state index contributed by atoms with van der Waals surface area (Å²) in [7, 11) is -2.79. The molecule has 0 radical (unpaired) electrons. The largest absolute Gasteiger partial charge is 0.392 e. The summed E-state index contributed by atoms with van der Waals surface area (Å²) in [5, 5.41) is 9.48. The minimum atomic E-state index is -2.79. The van der Waals surface area contributed by atoms with Gasteiger partial charge in [-0.2, -0.15) is 0 Å². The number of rotatable bonds is 1. The number of β-amino-alcohol motifs (C(OH)–C–C–N with tert-alkyl or cyclic N) is 1. The Hall–Kier alpha value is -0.130. The Balaban J connectivity index is 1.96. The van der Waals surface area contributed by atoms with E-state index in [1.165, 1.54) is 0 Å². The van der Waals surface area contributed by atoms with Crippen LogP contribution in [0.1, 0.15) is 19.3 Å². The molecule has 4 nitrogen and oxygen atoms in total. The average Bonchev–Trinajstić information content (AvgIpc) is 2.46. The van der Waals surface area contributed by atoms with Gasteiger partial charge in [-0.1, -0.05) is 0 Å². The third-order valence-electron chi connectivity index (χ3n) is 3.15. The number of sulfone groups is 1. The fraction of sp³-hybridized carbons (Fsp3) is 1.00.